The number of nitrogens with zero attached hydrogens (tertiary/aromatic N) is 1. The van der Waals surface area contributed by atoms with E-state index in [1.165, 1.54) is 36.1 Å². The molecule has 0 radical (unpaired) electrons. The van der Waals surface area contributed by atoms with Crippen molar-refractivity contribution < 1.29 is 19.3 Å². The Balaban J connectivity index is 1.35. The van der Waals surface area contributed by atoms with E-state index in [1.54, 1.807) is 26.4 Å². The molecule has 1 N–H and O–H groups in total. The van der Waals surface area contributed by atoms with Crippen LogP contribution >= 0.6 is 0 Å². The number of hydrogen-bond acceptors (Lipinski definition) is 5. The highest BCUT2D eigenvalue weighted by Crippen LogP contribution is 2.49. The van der Waals surface area contributed by atoms with Crippen LogP contribution in [-0.2, 0) is 9.47 Å². The average Bonchev–Trinajstić information content (AvgIpc) is 2.79. The standard InChI is InChI=1S/C27H35NO4/c1-30-27(31-2)20-12-14-28(15-13-20)21-8-6-19(7-9-21)26-23-11-10-22(29)16-25(23)32-17-24(26)18-4-3-5-18/h6-11,16,18,20,24,26-27,29H,3-5,12-15,17H2,1-2H3/t24-,26?/m1/s1. The van der Waals surface area contributed by atoms with Gasteiger partial charge in [0.2, 0.25) is 0 Å². The molecule has 5 heteroatoms. The number of piperidine rings is 1. The summed E-state index contributed by atoms with van der Waals surface area (Å²) >= 11 is 0. The van der Waals surface area contributed by atoms with Crippen molar-refractivity contribution in [2.75, 3.05) is 38.8 Å². The van der Waals surface area contributed by atoms with E-state index >= 15 is 0 Å². The number of anilines is 1. The first-order chi connectivity index (χ1) is 15.7. The molecule has 0 bridgehead atoms. The molecule has 1 saturated heterocycles. The molecular weight excluding hydrogens is 402 g/mol. The Labute approximate surface area is 191 Å². The van der Waals surface area contributed by atoms with Crippen LogP contribution < -0.4 is 9.64 Å². The lowest BCUT2D eigenvalue weighted by Gasteiger charge is -2.42. The first-order valence-electron chi connectivity index (χ1n) is 12.0. The van der Waals surface area contributed by atoms with E-state index in [4.69, 9.17) is 14.2 Å². The summed E-state index contributed by atoms with van der Waals surface area (Å²) in [6, 6.07) is 14.8. The van der Waals surface area contributed by atoms with E-state index in [9.17, 15) is 5.11 Å². The molecule has 3 aliphatic rings. The summed E-state index contributed by atoms with van der Waals surface area (Å²) in [5.41, 5.74) is 3.86. The topological polar surface area (TPSA) is 51.2 Å². The van der Waals surface area contributed by atoms with Crippen LogP contribution in [0, 0.1) is 17.8 Å². The highest BCUT2D eigenvalue weighted by Gasteiger charge is 2.39. The van der Waals surface area contributed by atoms with Gasteiger partial charge in [-0.25, -0.2) is 0 Å². The van der Waals surface area contributed by atoms with E-state index in [1.807, 2.05) is 0 Å². The van der Waals surface area contributed by atoms with Gasteiger partial charge in [0.25, 0.3) is 0 Å². The number of phenols is 1. The molecule has 0 aromatic heterocycles. The van der Waals surface area contributed by atoms with E-state index in [0.29, 0.717) is 17.8 Å². The Morgan fingerprint density at radius 1 is 0.969 bits per heavy atom. The lowest BCUT2D eigenvalue weighted by atomic mass is 9.66. The van der Waals surface area contributed by atoms with Gasteiger partial charge < -0.3 is 24.2 Å². The maximum Gasteiger partial charge on any atom is 0.159 e. The number of hydrogen-bond donors (Lipinski definition) is 1. The second kappa shape index (κ2) is 9.32. The molecule has 2 fully saturated rings. The summed E-state index contributed by atoms with van der Waals surface area (Å²) in [6.45, 7) is 2.79. The molecule has 1 aliphatic carbocycles. The summed E-state index contributed by atoms with van der Waals surface area (Å²) in [4.78, 5) is 2.47. The number of benzene rings is 2. The molecule has 0 amide bonds. The summed E-state index contributed by atoms with van der Waals surface area (Å²) in [5.74, 6) is 3.13. The quantitative estimate of drug-likeness (QED) is 0.632. The minimum Gasteiger partial charge on any atom is -0.508 e. The summed E-state index contributed by atoms with van der Waals surface area (Å²) in [5, 5.41) is 9.94. The highest BCUT2D eigenvalue weighted by atomic mass is 16.7. The largest absolute Gasteiger partial charge is 0.508 e. The van der Waals surface area contributed by atoms with Crippen molar-refractivity contribution in [2.45, 2.75) is 44.3 Å². The van der Waals surface area contributed by atoms with Gasteiger partial charge in [-0.3, -0.25) is 0 Å². The third kappa shape index (κ3) is 4.08. The first kappa shape index (κ1) is 21.6. The van der Waals surface area contributed by atoms with Gasteiger partial charge in [-0.05, 0) is 42.5 Å². The van der Waals surface area contributed by atoms with Gasteiger partial charge in [-0.1, -0.05) is 37.5 Å². The van der Waals surface area contributed by atoms with Crippen LogP contribution in [0.4, 0.5) is 5.69 Å². The van der Waals surface area contributed by atoms with Crippen LogP contribution in [0.25, 0.3) is 0 Å². The van der Waals surface area contributed by atoms with Crippen molar-refractivity contribution in [3.63, 3.8) is 0 Å². The van der Waals surface area contributed by atoms with Gasteiger partial charge in [0.15, 0.2) is 6.29 Å². The zero-order valence-corrected chi connectivity index (χ0v) is 19.2. The van der Waals surface area contributed by atoms with Crippen LogP contribution in [0.3, 0.4) is 0 Å². The predicted octanol–water partition coefficient (Wildman–Crippen LogP) is 5.17. The molecule has 5 nitrogen and oxygen atoms in total. The molecule has 5 rings (SSSR count). The van der Waals surface area contributed by atoms with Gasteiger partial charge in [-0.15, -0.1) is 0 Å². The van der Waals surface area contributed by atoms with Gasteiger partial charge in [0, 0.05) is 62.4 Å². The number of fused-ring (bicyclic) bond motifs is 1. The van der Waals surface area contributed by atoms with E-state index in [0.717, 1.165) is 44.2 Å². The molecule has 172 valence electrons. The average molecular weight is 438 g/mol. The van der Waals surface area contributed by atoms with E-state index in [-0.39, 0.29) is 12.0 Å². The number of methoxy groups -OCH3 is 2. The predicted molar refractivity (Wildman–Crippen MR) is 125 cm³/mol. The van der Waals surface area contributed by atoms with Crippen molar-refractivity contribution in [3.8, 4) is 11.5 Å². The third-order valence-corrected chi connectivity index (χ3v) is 7.95. The summed E-state index contributed by atoms with van der Waals surface area (Å²) in [7, 11) is 3.46. The molecule has 2 aromatic rings. The Bertz CT molecular complexity index is 898. The van der Waals surface area contributed by atoms with Crippen LogP contribution in [0.5, 0.6) is 11.5 Å². The van der Waals surface area contributed by atoms with Crippen LogP contribution in [0.15, 0.2) is 42.5 Å². The normalized spacial score (nSPS) is 24.2. The van der Waals surface area contributed by atoms with Crippen molar-refractivity contribution in [3.05, 3.63) is 53.6 Å². The zero-order chi connectivity index (χ0) is 22.1. The van der Waals surface area contributed by atoms with Crippen molar-refractivity contribution in [2.24, 2.45) is 17.8 Å². The second-order valence-electron chi connectivity index (χ2n) is 9.62. The van der Waals surface area contributed by atoms with Gasteiger partial charge in [0.1, 0.15) is 11.5 Å². The maximum absolute atomic E-state index is 9.94. The van der Waals surface area contributed by atoms with Gasteiger partial charge >= 0.3 is 0 Å². The first-order valence-corrected chi connectivity index (χ1v) is 12.0. The fourth-order valence-electron chi connectivity index (χ4n) is 5.92. The number of ether oxygens (including phenoxy) is 3. The highest BCUT2D eigenvalue weighted by molar-refractivity contribution is 5.52. The third-order valence-electron chi connectivity index (χ3n) is 7.95. The minimum atomic E-state index is -0.101. The fourth-order valence-corrected chi connectivity index (χ4v) is 5.92. The molecule has 2 heterocycles. The van der Waals surface area contributed by atoms with E-state index < -0.39 is 0 Å². The molecule has 2 aromatic carbocycles. The molecule has 2 atom stereocenters. The van der Waals surface area contributed by atoms with Crippen LogP contribution in [0.2, 0.25) is 0 Å². The van der Waals surface area contributed by atoms with Crippen LogP contribution in [-0.4, -0.2) is 45.3 Å². The van der Waals surface area contributed by atoms with Gasteiger partial charge in [-0.2, -0.15) is 0 Å². The Morgan fingerprint density at radius 2 is 1.69 bits per heavy atom. The van der Waals surface area contributed by atoms with Crippen LogP contribution in [0.1, 0.15) is 49.1 Å². The lowest BCUT2D eigenvalue weighted by molar-refractivity contribution is -0.141. The van der Waals surface area contributed by atoms with E-state index in [2.05, 4.69) is 35.2 Å². The second-order valence-corrected chi connectivity index (χ2v) is 9.62. The number of rotatable bonds is 6. The van der Waals surface area contributed by atoms with Crippen molar-refractivity contribution in [1.82, 2.24) is 0 Å². The summed E-state index contributed by atoms with van der Waals surface area (Å²) < 4.78 is 17.1. The maximum atomic E-state index is 9.94. The smallest absolute Gasteiger partial charge is 0.159 e. The monoisotopic (exact) mass is 437 g/mol. The Hall–Kier alpha value is -2.24. The number of aromatic hydroxyl groups is 1. The summed E-state index contributed by atoms with van der Waals surface area (Å²) in [6.07, 6.45) is 5.99. The SMILES string of the molecule is COC(OC)C1CCN(c2ccc(C3c4ccc(O)cc4OC[C@@H]3C3CCC3)cc2)CC1. The fraction of sp³-hybridized carbons (Fsp3) is 0.556. The zero-order valence-electron chi connectivity index (χ0n) is 19.2. The van der Waals surface area contributed by atoms with Gasteiger partial charge in [0.05, 0.1) is 6.61 Å². The molecule has 0 spiro atoms. The molecule has 32 heavy (non-hydrogen) atoms. The Kier molecular flexibility index (Phi) is 6.29. The molecule has 1 unspecified atom stereocenters. The molecule has 1 saturated carbocycles. The lowest BCUT2D eigenvalue weighted by Crippen LogP contribution is -2.39. The van der Waals surface area contributed by atoms with Crippen molar-refractivity contribution >= 4 is 5.69 Å². The molecule has 2 aliphatic heterocycles. The minimum absolute atomic E-state index is 0.101. The number of phenolic OH excluding ortho intramolecular Hbond substituents is 1. The van der Waals surface area contributed by atoms with Crippen molar-refractivity contribution in [1.29, 1.82) is 0 Å². The molecular formula is C27H35NO4. The Morgan fingerprint density at radius 3 is 2.31 bits per heavy atom.